The Balaban J connectivity index is 0.00000196. The van der Waals surface area contributed by atoms with Crippen molar-refractivity contribution in [3.63, 3.8) is 0 Å². The summed E-state index contributed by atoms with van der Waals surface area (Å²) in [6.07, 6.45) is 0. The lowest BCUT2D eigenvalue weighted by Gasteiger charge is -2.36. The van der Waals surface area contributed by atoms with Crippen LogP contribution in [0, 0.1) is 0 Å². The first-order valence-corrected chi connectivity index (χ1v) is 7.95. The first kappa shape index (κ1) is 12.3. The molecule has 0 aromatic heterocycles. The maximum absolute atomic E-state index is 7.39. The first-order valence-electron chi connectivity index (χ1n) is 5.62. The predicted molar refractivity (Wildman–Crippen MR) is 65.3 cm³/mol. The summed E-state index contributed by atoms with van der Waals surface area (Å²) >= 11 is 0. The molecule has 0 aromatic rings. The van der Waals surface area contributed by atoms with Gasteiger partial charge in [-0.05, 0) is 18.1 Å². The maximum atomic E-state index is 7.39. The highest BCUT2D eigenvalue weighted by molar-refractivity contribution is 6.74. The zero-order chi connectivity index (χ0) is 11.0. The summed E-state index contributed by atoms with van der Waals surface area (Å²) in [5.41, 5.74) is 0. The Bertz CT molecular complexity index is 208. The minimum atomic E-state index is -1.55. The minimum Gasteiger partial charge on any atom is -0.416 e. The van der Waals surface area contributed by atoms with Crippen molar-refractivity contribution in [2.45, 2.75) is 38.9 Å². The molecule has 1 saturated heterocycles. The molecule has 0 amide bonds. The standard InChI is InChI=1S/C10H23NOSi.B/c1-10(2,3)13(4,5)12-9-8-11-6-7-11;/h6-9H2,1-5H3;/i6D;/t6-,11?;/m1./s1. The van der Waals surface area contributed by atoms with Crippen molar-refractivity contribution >= 4 is 16.7 Å². The van der Waals surface area contributed by atoms with E-state index < -0.39 is 8.32 Å². The molecular formula is C10H23BNOSi. The Labute approximate surface area is 93.1 Å². The van der Waals surface area contributed by atoms with Crippen LogP contribution in [0.4, 0.5) is 0 Å². The molecule has 0 bridgehead atoms. The molecule has 1 fully saturated rings. The Morgan fingerprint density at radius 1 is 1.43 bits per heavy atom. The average Bonchev–Trinajstić information content (AvgIpc) is 2.63. The summed E-state index contributed by atoms with van der Waals surface area (Å²) < 4.78 is 13.4. The predicted octanol–water partition coefficient (Wildman–Crippen LogP) is 1.94. The maximum Gasteiger partial charge on any atom is 0.192 e. The largest absolute Gasteiger partial charge is 0.416 e. The summed E-state index contributed by atoms with van der Waals surface area (Å²) in [7, 11) is -1.55. The minimum absolute atomic E-state index is 0. The van der Waals surface area contributed by atoms with Crippen LogP contribution in [0.2, 0.25) is 18.1 Å². The van der Waals surface area contributed by atoms with Gasteiger partial charge < -0.3 is 4.43 Å². The lowest BCUT2D eigenvalue weighted by atomic mass is 10.2. The second-order valence-corrected chi connectivity index (χ2v) is 10.1. The highest BCUT2D eigenvalue weighted by Gasteiger charge is 2.37. The number of hydrogen-bond acceptors (Lipinski definition) is 2. The summed E-state index contributed by atoms with van der Waals surface area (Å²) in [5, 5.41) is 0.298. The van der Waals surface area contributed by atoms with Gasteiger partial charge in [-0.25, -0.2) is 0 Å². The third-order valence-electron chi connectivity index (χ3n) is 3.09. The van der Waals surface area contributed by atoms with Gasteiger partial charge in [0.2, 0.25) is 0 Å². The number of hydrogen-bond donors (Lipinski definition) is 0. The molecule has 0 aromatic carbocycles. The molecule has 2 nitrogen and oxygen atoms in total. The van der Waals surface area contributed by atoms with Crippen molar-refractivity contribution in [3.05, 3.63) is 0 Å². The molecule has 1 aliphatic heterocycles. The molecule has 1 aliphatic rings. The lowest BCUT2D eigenvalue weighted by molar-refractivity contribution is 0.267. The van der Waals surface area contributed by atoms with Crippen LogP contribution >= 0.6 is 0 Å². The van der Waals surface area contributed by atoms with Gasteiger partial charge in [-0.15, -0.1) is 0 Å². The molecule has 0 aliphatic carbocycles. The molecule has 2 atom stereocenters. The normalized spacial score (nSPS) is 27.9. The molecule has 4 heteroatoms. The number of nitrogens with zero attached hydrogens (tertiary/aromatic N) is 1. The van der Waals surface area contributed by atoms with Gasteiger partial charge in [0.25, 0.3) is 0 Å². The number of rotatable bonds is 4. The van der Waals surface area contributed by atoms with Crippen LogP contribution in [-0.2, 0) is 4.43 Å². The molecule has 1 heterocycles. The van der Waals surface area contributed by atoms with Crippen LogP contribution in [0.5, 0.6) is 0 Å². The van der Waals surface area contributed by atoms with E-state index in [0.29, 0.717) is 5.04 Å². The van der Waals surface area contributed by atoms with Gasteiger partial charge in [-0.3, -0.25) is 4.90 Å². The van der Waals surface area contributed by atoms with E-state index in [2.05, 4.69) is 38.8 Å². The molecular weight excluding hydrogens is 189 g/mol. The molecule has 1 rings (SSSR count). The van der Waals surface area contributed by atoms with E-state index in [1.54, 1.807) is 0 Å². The van der Waals surface area contributed by atoms with Crippen LogP contribution in [0.15, 0.2) is 0 Å². The van der Waals surface area contributed by atoms with E-state index in [-0.39, 0.29) is 14.9 Å². The van der Waals surface area contributed by atoms with Crippen LogP contribution in [-0.4, -0.2) is 47.8 Å². The molecule has 3 radical (unpaired) electrons. The van der Waals surface area contributed by atoms with Crippen LogP contribution < -0.4 is 0 Å². The summed E-state index contributed by atoms with van der Waals surface area (Å²) in [6.45, 7) is 14.0. The average molecular weight is 213 g/mol. The molecule has 81 valence electrons. The van der Waals surface area contributed by atoms with E-state index >= 15 is 0 Å². The van der Waals surface area contributed by atoms with Gasteiger partial charge >= 0.3 is 0 Å². The summed E-state index contributed by atoms with van der Waals surface area (Å²) in [4.78, 5) is 2.12. The van der Waals surface area contributed by atoms with Crippen molar-refractivity contribution in [1.29, 1.82) is 0 Å². The van der Waals surface area contributed by atoms with E-state index in [1.807, 2.05) is 0 Å². The summed E-state index contributed by atoms with van der Waals surface area (Å²) in [5.74, 6) is 0. The zero-order valence-corrected chi connectivity index (χ0v) is 11.1. The molecule has 1 unspecified atom stereocenters. The van der Waals surface area contributed by atoms with Gasteiger partial charge in [0, 0.05) is 36.0 Å². The third-order valence-corrected chi connectivity index (χ3v) is 7.63. The topological polar surface area (TPSA) is 12.2 Å². The monoisotopic (exact) mass is 213 g/mol. The van der Waals surface area contributed by atoms with E-state index in [0.717, 1.165) is 19.7 Å². The molecule has 0 spiro atoms. The highest BCUT2D eigenvalue weighted by Crippen LogP contribution is 2.36. The lowest BCUT2D eigenvalue weighted by Crippen LogP contribution is -2.41. The SMILES string of the molecule is [2H][C@@H]1CN1CCO[Si](C)(C)C(C)(C)C.[B]. The fraction of sp³-hybridized carbons (Fsp3) is 1.00. The summed E-state index contributed by atoms with van der Waals surface area (Å²) in [6, 6.07) is 0. The molecule has 14 heavy (non-hydrogen) atoms. The first-order chi connectivity index (χ1) is 6.24. The van der Waals surface area contributed by atoms with Gasteiger partial charge in [-0.2, -0.15) is 0 Å². The van der Waals surface area contributed by atoms with Gasteiger partial charge in [0.05, 0.1) is 0 Å². The Kier molecular flexibility index (Phi) is 4.22. The highest BCUT2D eigenvalue weighted by atomic mass is 28.4. The van der Waals surface area contributed by atoms with E-state index in [4.69, 9.17) is 5.80 Å². The van der Waals surface area contributed by atoms with E-state index in [1.165, 1.54) is 0 Å². The second kappa shape index (κ2) is 4.82. The van der Waals surface area contributed by atoms with Crippen molar-refractivity contribution in [2.24, 2.45) is 0 Å². The Morgan fingerprint density at radius 2 is 1.93 bits per heavy atom. The fourth-order valence-corrected chi connectivity index (χ4v) is 1.91. The fourth-order valence-electron chi connectivity index (χ4n) is 0.875. The van der Waals surface area contributed by atoms with Gasteiger partial charge in [-0.1, -0.05) is 20.8 Å². The van der Waals surface area contributed by atoms with Crippen LogP contribution in [0.25, 0.3) is 0 Å². The quantitative estimate of drug-likeness (QED) is 0.522. The van der Waals surface area contributed by atoms with Gasteiger partial charge in [0.1, 0.15) is 0 Å². The van der Waals surface area contributed by atoms with Crippen LogP contribution in [0.3, 0.4) is 0 Å². The molecule has 0 saturated carbocycles. The third kappa shape index (κ3) is 4.15. The van der Waals surface area contributed by atoms with Crippen LogP contribution in [0.1, 0.15) is 22.1 Å². The van der Waals surface area contributed by atoms with Crippen molar-refractivity contribution in [1.82, 2.24) is 4.90 Å². The zero-order valence-electron chi connectivity index (χ0n) is 11.1. The van der Waals surface area contributed by atoms with Crippen molar-refractivity contribution < 1.29 is 5.80 Å². The van der Waals surface area contributed by atoms with E-state index in [9.17, 15) is 0 Å². The Hall–Kier alpha value is 0.202. The molecule has 0 N–H and O–H groups in total. The van der Waals surface area contributed by atoms with Crippen molar-refractivity contribution in [3.8, 4) is 0 Å². The Morgan fingerprint density at radius 3 is 2.29 bits per heavy atom. The van der Waals surface area contributed by atoms with Gasteiger partial charge in [0.15, 0.2) is 8.32 Å². The van der Waals surface area contributed by atoms with Crippen molar-refractivity contribution in [2.75, 3.05) is 26.2 Å². The smallest absolute Gasteiger partial charge is 0.192 e. The second-order valence-electron chi connectivity index (χ2n) is 5.29.